The van der Waals surface area contributed by atoms with Crippen molar-refractivity contribution in [1.82, 2.24) is 0 Å². The van der Waals surface area contributed by atoms with Crippen molar-refractivity contribution in [2.75, 3.05) is 10.2 Å². The molecule has 0 radical (unpaired) electrons. The summed E-state index contributed by atoms with van der Waals surface area (Å²) in [5, 5.41) is 2.51. The van der Waals surface area contributed by atoms with Crippen LogP contribution < -0.4 is 10.2 Å². The second kappa shape index (κ2) is 7.85. The maximum absolute atomic E-state index is 13.0. The lowest BCUT2D eigenvalue weighted by atomic mass is 9.87. The minimum Gasteiger partial charge on any atom is -0.476 e. The second-order valence-corrected chi connectivity index (χ2v) is 7.54. The Kier molecular flexibility index (Phi) is 5.61. The van der Waals surface area contributed by atoms with E-state index in [-0.39, 0.29) is 11.6 Å². The van der Waals surface area contributed by atoms with Crippen LogP contribution in [-0.4, -0.2) is 18.0 Å². The highest BCUT2D eigenvalue weighted by molar-refractivity contribution is 6.04. The summed E-state index contributed by atoms with van der Waals surface area (Å²) in [7, 11) is 0. The molecular formula is C22H21F3N2O3. The molecule has 0 saturated heterocycles. The van der Waals surface area contributed by atoms with Gasteiger partial charge < -0.3 is 10.1 Å². The number of ether oxygens (including phenoxy) is 1. The summed E-state index contributed by atoms with van der Waals surface area (Å²) in [6, 6.07) is 11.5. The van der Waals surface area contributed by atoms with E-state index in [1.54, 1.807) is 26.0 Å². The summed E-state index contributed by atoms with van der Waals surface area (Å²) in [5.74, 6) is -0.950. The molecule has 2 aromatic rings. The van der Waals surface area contributed by atoms with Crippen LogP contribution in [0.3, 0.4) is 0 Å². The molecule has 0 fully saturated rings. The Hall–Kier alpha value is -3.29. The Morgan fingerprint density at radius 2 is 1.80 bits per heavy atom. The molecule has 0 bridgehead atoms. The first kappa shape index (κ1) is 21.4. The zero-order valence-corrected chi connectivity index (χ0v) is 16.7. The molecule has 3 rings (SSSR count). The number of alkyl halides is 3. The van der Waals surface area contributed by atoms with Gasteiger partial charge in [0.1, 0.15) is 5.41 Å². The number of hydrogen-bond donors (Lipinski definition) is 1. The van der Waals surface area contributed by atoms with Gasteiger partial charge in [-0.15, -0.1) is 0 Å². The fraction of sp³-hybridized carbons (Fsp3) is 0.273. The SMILES string of the molecule is Cc1ccccc1N1C(=O)C=COC1C(C)(C)C(=O)Nc1cccc(C(F)(F)F)c1. The van der Waals surface area contributed by atoms with Crippen molar-refractivity contribution in [2.45, 2.75) is 33.2 Å². The average Bonchev–Trinajstić information content (AvgIpc) is 2.68. The van der Waals surface area contributed by atoms with Crippen LogP contribution in [-0.2, 0) is 20.5 Å². The monoisotopic (exact) mass is 418 g/mol. The number of para-hydroxylation sites is 1. The molecule has 1 unspecified atom stereocenters. The largest absolute Gasteiger partial charge is 0.476 e. The predicted molar refractivity (Wildman–Crippen MR) is 107 cm³/mol. The zero-order chi connectivity index (χ0) is 22.1. The molecule has 1 aliphatic heterocycles. The number of nitrogens with zero attached hydrogens (tertiary/aromatic N) is 1. The maximum atomic E-state index is 13.0. The number of carbonyl (C=O) groups excluding carboxylic acids is 2. The molecule has 2 aromatic carbocycles. The van der Waals surface area contributed by atoms with Gasteiger partial charge in [0.05, 0.1) is 17.5 Å². The molecule has 0 spiro atoms. The summed E-state index contributed by atoms with van der Waals surface area (Å²) in [6.45, 7) is 4.96. The van der Waals surface area contributed by atoms with E-state index in [1.165, 1.54) is 29.4 Å². The predicted octanol–water partition coefficient (Wildman–Crippen LogP) is 4.88. The second-order valence-electron chi connectivity index (χ2n) is 7.54. The first-order chi connectivity index (χ1) is 14.0. The van der Waals surface area contributed by atoms with E-state index in [9.17, 15) is 22.8 Å². The van der Waals surface area contributed by atoms with Crippen molar-refractivity contribution in [3.63, 3.8) is 0 Å². The van der Waals surface area contributed by atoms with Crippen molar-refractivity contribution < 1.29 is 27.5 Å². The lowest BCUT2D eigenvalue weighted by Gasteiger charge is -2.41. The molecule has 1 heterocycles. The van der Waals surface area contributed by atoms with Gasteiger partial charge in [-0.05, 0) is 50.6 Å². The first-order valence-electron chi connectivity index (χ1n) is 9.21. The number of carbonyl (C=O) groups is 2. The lowest BCUT2D eigenvalue weighted by molar-refractivity contribution is -0.138. The van der Waals surface area contributed by atoms with Crippen LogP contribution in [0.15, 0.2) is 60.9 Å². The quantitative estimate of drug-likeness (QED) is 0.770. The Morgan fingerprint density at radius 1 is 1.10 bits per heavy atom. The van der Waals surface area contributed by atoms with Gasteiger partial charge in [-0.3, -0.25) is 14.5 Å². The summed E-state index contributed by atoms with van der Waals surface area (Å²) in [6.07, 6.45) is -3.05. The summed E-state index contributed by atoms with van der Waals surface area (Å²) >= 11 is 0. The molecule has 2 amide bonds. The summed E-state index contributed by atoms with van der Waals surface area (Å²) in [5.41, 5.74) is -0.771. The van der Waals surface area contributed by atoms with Crippen LogP contribution in [0.4, 0.5) is 24.5 Å². The third-order valence-corrected chi connectivity index (χ3v) is 4.92. The van der Waals surface area contributed by atoms with Crippen molar-refractivity contribution >= 4 is 23.2 Å². The molecule has 5 nitrogen and oxygen atoms in total. The molecule has 158 valence electrons. The number of rotatable bonds is 4. The van der Waals surface area contributed by atoms with E-state index >= 15 is 0 Å². The summed E-state index contributed by atoms with van der Waals surface area (Å²) < 4.78 is 44.6. The van der Waals surface area contributed by atoms with Crippen LogP contribution in [0.25, 0.3) is 0 Å². The number of amides is 2. The van der Waals surface area contributed by atoms with Gasteiger partial charge in [-0.1, -0.05) is 24.3 Å². The third-order valence-electron chi connectivity index (χ3n) is 4.92. The van der Waals surface area contributed by atoms with Gasteiger partial charge in [-0.25, -0.2) is 0 Å². The van der Waals surface area contributed by atoms with Gasteiger partial charge in [0, 0.05) is 11.8 Å². The maximum Gasteiger partial charge on any atom is 0.416 e. The third kappa shape index (κ3) is 4.17. The number of hydrogen-bond acceptors (Lipinski definition) is 3. The number of anilines is 2. The minimum absolute atomic E-state index is 0.00280. The molecule has 8 heteroatoms. The molecule has 1 atom stereocenters. The van der Waals surface area contributed by atoms with Gasteiger partial charge >= 0.3 is 6.18 Å². The number of benzene rings is 2. The Labute approximate surface area is 172 Å². The van der Waals surface area contributed by atoms with E-state index in [0.717, 1.165) is 17.7 Å². The van der Waals surface area contributed by atoms with E-state index in [2.05, 4.69) is 5.32 Å². The van der Waals surface area contributed by atoms with Crippen molar-refractivity contribution in [3.05, 3.63) is 72.0 Å². The fourth-order valence-electron chi connectivity index (χ4n) is 3.18. The molecule has 30 heavy (non-hydrogen) atoms. The molecule has 1 aliphatic rings. The van der Waals surface area contributed by atoms with Gasteiger partial charge in [0.15, 0.2) is 6.23 Å². The van der Waals surface area contributed by atoms with Crippen LogP contribution >= 0.6 is 0 Å². The Balaban J connectivity index is 1.91. The number of aryl methyl sites for hydroxylation is 1. The fourth-order valence-corrected chi connectivity index (χ4v) is 3.18. The summed E-state index contributed by atoms with van der Waals surface area (Å²) in [4.78, 5) is 27.0. The zero-order valence-electron chi connectivity index (χ0n) is 16.7. The minimum atomic E-state index is -4.53. The van der Waals surface area contributed by atoms with Crippen molar-refractivity contribution in [1.29, 1.82) is 0 Å². The normalized spacial score (nSPS) is 16.9. The van der Waals surface area contributed by atoms with Gasteiger partial charge in [0.2, 0.25) is 5.91 Å². The van der Waals surface area contributed by atoms with Crippen LogP contribution in [0.1, 0.15) is 25.0 Å². The molecule has 0 saturated carbocycles. The lowest BCUT2D eigenvalue weighted by Crippen LogP contribution is -2.55. The van der Waals surface area contributed by atoms with Crippen molar-refractivity contribution in [3.8, 4) is 0 Å². The topological polar surface area (TPSA) is 58.6 Å². The van der Waals surface area contributed by atoms with Crippen LogP contribution in [0.5, 0.6) is 0 Å². The van der Waals surface area contributed by atoms with Gasteiger partial charge in [-0.2, -0.15) is 13.2 Å². The van der Waals surface area contributed by atoms with Gasteiger partial charge in [0.25, 0.3) is 5.91 Å². The van der Waals surface area contributed by atoms with Crippen LogP contribution in [0, 0.1) is 12.3 Å². The smallest absolute Gasteiger partial charge is 0.416 e. The van der Waals surface area contributed by atoms with Crippen molar-refractivity contribution in [2.24, 2.45) is 5.41 Å². The van der Waals surface area contributed by atoms with E-state index in [1.807, 2.05) is 19.1 Å². The Morgan fingerprint density at radius 3 is 2.47 bits per heavy atom. The van der Waals surface area contributed by atoms with Crippen LogP contribution in [0.2, 0.25) is 0 Å². The highest BCUT2D eigenvalue weighted by Crippen LogP contribution is 2.36. The Bertz CT molecular complexity index is 999. The standard InChI is InChI=1S/C22H21F3N2O3/c1-14-7-4-5-10-17(14)27-18(28)11-12-30-20(27)21(2,3)19(29)26-16-9-6-8-15(13-16)22(23,24)25/h4-13,20H,1-3H3,(H,26,29). The van der Waals surface area contributed by atoms with E-state index in [4.69, 9.17) is 4.74 Å². The number of nitrogens with one attached hydrogen (secondary N) is 1. The molecular weight excluding hydrogens is 397 g/mol. The molecule has 1 N–H and O–H groups in total. The van der Waals surface area contributed by atoms with E-state index < -0.39 is 29.3 Å². The highest BCUT2D eigenvalue weighted by Gasteiger charge is 2.45. The molecule has 0 aromatic heterocycles. The van der Waals surface area contributed by atoms with E-state index in [0.29, 0.717) is 5.69 Å². The average molecular weight is 418 g/mol. The number of halogens is 3. The molecule has 0 aliphatic carbocycles. The first-order valence-corrected chi connectivity index (χ1v) is 9.21. The highest BCUT2D eigenvalue weighted by atomic mass is 19.4.